The van der Waals surface area contributed by atoms with Crippen LogP contribution in [0.3, 0.4) is 0 Å². The predicted molar refractivity (Wildman–Crippen MR) is 86.2 cm³/mol. The van der Waals surface area contributed by atoms with Crippen molar-refractivity contribution in [2.45, 2.75) is 32.2 Å². The molecule has 4 nitrogen and oxygen atoms in total. The van der Waals surface area contributed by atoms with Crippen molar-refractivity contribution in [1.29, 1.82) is 0 Å². The van der Waals surface area contributed by atoms with Crippen LogP contribution in [0, 0.1) is 0 Å². The molecule has 0 saturated heterocycles. The van der Waals surface area contributed by atoms with Crippen molar-refractivity contribution in [2.75, 3.05) is 13.2 Å². The van der Waals surface area contributed by atoms with E-state index >= 15 is 0 Å². The molecule has 1 heterocycles. The first-order chi connectivity index (χ1) is 9.97. The van der Waals surface area contributed by atoms with Gasteiger partial charge < -0.3 is 15.2 Å². The number of halogens is 1. The second kappa shape index (κ2) is 6.62. The summed E-state index contributed by atoms with van der Waals surface area (Å²) in [5, 5.41) is 12.1. The molecule has 0 fully saturated rings. The Morgan fingerprint density at radius 2 is 2.29 bits per heavy atom. The molecular formula is C16H20BrNO3. The molecule has 0 spiro atoms. The lowest BCUT2D eigenvalue weighted by molar-refractivity contribution is -0.119. The van der Waals surface area contributed by atoms with E-state index in [-0.39, 0.29) is 19.1 Å². The van der Waals surface area contributed by atoms with Crippen LogP contribution in [0.4, 0.5) is 0 Å². The molecule has 1 unspecified atom stereocenters. The number of aliphatic hydroxyl groups is 1. The number of aliphatic hydroxyl groups excluding tert-OH is 1. The van der Waals surface area contributed by atoms with Crippen LogP contribution in [0.2, 0.25) is 0 Å². The van der Waals surface area contributed by atoms with Crippen molar-refractivity contribution in [3.05, 3.63) is 33.8 Å². The number of ether oxygens (including phenoxy) is 1. The van der Waals surface area contributed by atoms with E-state index in [9.17, 15) is 4.79 Å². The van der Waals surface area contributed by atoms with Crippen molar-refractivity contribution in [2.24, 2.45) is 0 Å². The fourth-order valence-electron chi connectivity index (χ4n) is 2.21. The Hall–Kier alpha value is -1.33. The third-order valence-corrected chi connectivity index (χ3v) is 4.33. The van der Waals surface area contributed by atoms with Gasteiger partial charge in [0.15, 0.2) is 0 Å². The molecule has 1 atom stereocenters. The fraction of sp³-hybridized carbons (Fsp3) is 0.438. The number of hydrogen-bond acceptors (Lipinski definition) is 3. The van der Waals surface area contributed by atoms with Crippen LogP contribution < -0.4 is 10.1 Å². The second-order valence-corrected chi connectivity index (χ2v) is 6.40. The van der Waals surface area contributed by atoms with Crippen LogP contribution >= 0.6 is 15.9 Å². The van der Waals surface area contributed by atoms with Gasteiger partial charge in [-0.25, -0.2) is 0 Å². The molecule has 0 bridgehead atoms. The van der Waals surface area contributed by atoms with Gasteiger partial charge in [0.25, 0.3) is 5.91 Å². The summed E-state index contributed by atoms with van der Waals surface area (Å²) in [7, 11) is 0. The zero-order chi connectivity index (χ0) is 15.5. The molecule has 2 rings (SSSR count). The molecular weight excluding hydrogens is 334 g/mol. The van der Waals surface area contributed by atoms with E-state index in [2.05, 4.69) is 21.2 Å². The average Bonchev–Trinajstić information content (AvgIpc) is 2.46. The number of rotatable bonds is 5. The van der Waals surface area contributed by atoms with Crippen LogP contribution in [0.5, 0.6) is 5.75 Å². The third-order valence-electron chi connectivity index (χ3n) is 3.84. The zero-order valence-corrected chi connectivity index (χ0v) is 13.9. The number of carbonyl (C=O) groups is 1. The van der Waals surface area contributed by atoms with Gasteiger partial charge in [0.2, 0.25) is 0 Å². The molecule has 114 valence electrons. The molecule has 1 aliphatic rings. The largest absolute Gasteiger partial charge is 0.488 e. The van der Waals surface area contributed by atoms with Gasteiger partial charge in [-0.05, 0) is 44.0 Å². The normalized spacial score (nSPS) is 16.3. The zero-order valence-electron chi connectivity index (χ0n) is 12.3. The van der Waals surface area contributed by atoms with Crippen LogP contribution in [-0.2, 0) is 4.79 Å². The molecule has 0 aromatic heterocycles. The smallest absolute Gasteiger partial charge is 0.251 e. The highest BCUT2D eigenvalue weighted by Crippen LogP contribution is 2.29. The van der Waals surface area contributed by atoms with Gasteiger partial charge in [-0.15, -0.1) is 0 Å². The lowest BCUT2D eigenvalue weighted by Gasteiger charge is -2.30. The quantitative estimate of drug-likeness (QED) is 0.855. The number of amides is 1. The number of carbonyl (C=O) groups excluding carboxylic acids is 1. The molecule has 1 amide bonds. The standard InChI is InChI=1S/C16H20BrNO3/c1-3-16(2,6-7-19)18-15(20)12-8-11-9-13(17)4-5-14(11)21-10-12/h4-5,8-9,19H,3,6-7,10H2,1-2H3,(H,18,20). The molecule has 21 heavy (non-hydrogen) atoms. The van der Waals surface area contributed by atoms with Gasteiger partial charge in [-0.2, -0.15) is 0 Å². The number of hydrogen-bond donors (Lipinski definition) is 2. The summed E-state index contributed by atoms with van der Waals surface area (Å²) in [5.74, 6) is 0.641. The van der Waals surface area contributed by atoms with E-state index in [1.807, 2.05) is 38.1 Å². The molecule has 1 aromatic carbocycles. The van der Waals surface area contributed by atoms with Crippen molar-refractivity contribution in [3.8, 4) is 5.75 Å². The Balaban J connectivity index is 2.17. The minimum atomic E-state index is -0.399. The molecule has 0 aliphatic carbocycles. The Morgan fingerprint density at radius 3 is 2.95 bits per heavy atom. The first-order valence-electron chi connectivity index (χ1n) is 7.04. The topological polar surface area (TPSA) is 58.6 Å². The monoisotopic (exact) mass is 353 g/mol. The summed E-state index contributed by atoms with van der Waals surface area (Å²) in [5.41, 5.74) is 1.09. The van der Waals surface area contributed by atoms with Gasteiger partial charge in [-0.3, -0.25) is 4.79 Å². The van der Waals surface area contributed by atoms with Gasteiger partial charge >= 0.3 is 0 Å². The SMILES string of the molecule is CCC(C)(CCO)NC(=O)C1=Cc2cc(Br)ccc2OC1. The summed E-state index contributed by atoms with van der Waals surface area (Å²) in [6.07, 6.45) is 3.15. The second-order valence-electron chi connectivity index (χ2n) is 5.48. The maximum atomic E-state index is 12.4. The van der Waals surface area contributed by atoms with Gasteiger partial charge in [0.1, 0.15) is 12.4 Å². The van der Waals surface area contributed by atoms with E-state index in [0.29, 0.717) is 12.0 Å². The van der Waals surface area contributed by atoms with Gasteiger partial charge in [0.05, 0.1) is 5.57 Å². The first kappa shape index (κ1) is 16.0. The summed E-state index contributed by atoms with van der Waals surface area (Å²) in [6, 6.07) is 5.72. The minimum absolute atomic E-state index is 0.0515. The highest BCUT2D eigenvalue weighted by molar-refractivity contribution is 9.10. The Morgan fingerprint density at radius 1 is 1.52 bits per heavy atom. The average molecular weight is 354 g/mol. The lowest BCUT2D eigenvalue weighted by Crippen LogP contribution is -2.47. The molecule has 0 radical (unpaired) electrons. The highest BCUT2D eigenvalue weighted by atomic mass is 79.9. The van der Waals surface area contributed by atoms with E-state index in [1.54, 1.807) is 0 Å². The molecule has 0 saturated carbocycles. The number of nitrogens with one attached hydrogen (secondary N) is 1. The van der Waals surface area contributed by atoms with Gasteiger partial charge in [-0.1, -0.05) is 22.9 Å². The minimum Gasteiger partial charge on any atom is -0.488 e. The number of fused-ring (bicyclic) bond motifs is 1. The van der Waals surface area contributed by atoms with E-state index in [4.69, 9.17) is 9.84 Å². The maximum Gasteiger partial charge on any atom is 0.251 e. The van der Waals surface area contributed by atoms with Crippen molar-refractivity contribution >= 4 is 27.9 Å². The maximum absolute atomic E-state index is 12.4. The Kier molecular flexibility index (Phi) is 5.06. The van der Waals surface area contributed by atoms with E-state index < -0.39 is 5.54 Å². The van der Waals surface area contributed by atoms with E-state index in [1.165, 1.54) is 0 Å². The van der Waals surface area contributed by atoms with Crippen LogP contribution in [0.25, 0.3) is 6.08 Å². The molecule has 5 heteroatoms. The van der Waals surface area contributed by atoms with E-state index in [0.717, 1.165) is 22.2 Å². The molecule has 1 aliphatic heterocycles. The summed E-state index contributed by atoms with van der Waals surface area (Å²) in [4.78, 5) is 12.4. The predicted octanol–water partition coefficient (Wildman–Crippen LogP) is 2.89. The fourth-order valence-corrected chi connectivity index (χ4v) is 2.59. The molecule has 1 aromatic rings. The van der Waals surface area contributed by atoms with Crippen molar-refractivity contribution in [3.63, 3.8) is 0 Å². The number of benzene rings is 1. The third kappa shape index (κ3) is 3.86. The Bertz CT molecular complexity index is 571. The highest BCUT2D eigenvalue weighted by Gasteiger charge is 2.26. The molecule has 2 N–H and O–H groups in total. The van der Waals surface area contributed by atoms with Crippen LogP contribution in [0.15, 0.2) is 28.2 Å². The Labute approximate surface area is 133 Å². The summed E-state index contributed by atoms with van der Waals surface area (Å²) >= 11 is 3.41. The first-order valence-corrected chi connectivity index (χ1v) is 7.83. The van der Waals surface area contributed by atoms with Crippen molar-refractivity contribution < 1.29 is 14.6 Å². The van der Waals surface area contributed by atoms with Gasteiger partial charge in [0, 0.05) is 22.2 Å². The van der Waals surface area contributed by atoms with Crippen LogP contribution in [-0.4, -0.2) is 29.8 Å². The lowest BCUT2D eigenvalue weighted by atomic mass is 9.94. The van der Waals surface area contributed by atoms with Crippen molar-refractivity contribution in [1.82, 2.24) is 5.32 Å². The summed E-state index contributed by atoms with van der Waals surface area (Å²) < 4.78 is 6.57. The van der Waals surface area contributed by atoms with Crippen LogP contribution in [0.1, 0.15) is 32.3 Å². The summed E-state index contributed by atoms with van der Waals surface area (Å²) in [6.45, 7) is 4.25.